The number of hydrogen-bond acceptors (Lipinski definition) is 3. The molecule has 0 aliphatic carbocycles. The van der Waals surface area contributed by atoms with Crippen LogP contribution in [0.15, 0.2) is 30.6 Å². The molecule has 1 heterocycles. The van der Waals surface area contributed by atoms with Crippen LogP contribution in [0.25, 0.3) is 0 Å². The predicted molar refractivity (Wildman–Crippen MR) is 85.0 cm³/mol. The van der Waals surface area contributed by atoms with Gasteiger partial charge in [0.2, 0.25) is 5.91 Å². The summed E-state index contributed by atoms with van der Waals surface area (Å²) in [5.74, 6) is -0.401. The molecular formula is C15H17ClN4O2. The van der Waals surface area contributed by atoms with Gasteiger partial charge in [0.15, 0.2) is 0 Å². The summed E-state index contributed by atoms with van der Waals surface area (Å²) in [4.78, 5) is 23.6. The van der Waals surface area contributed by atoms with E-state index in [-0.39, 0.29) is 11.8 Å². The molecule has 0 aliphatic rings. The number of nitrogens with one attached hydrogen (secondary N) is 2. The first-order valence-corrected chi connectivity index (χ1v) is 7.16. The quantitative estimate of drug-likeness (QED) is 0.884. The molecule has 2 N–H and O–H groups in total. The second kappa shape index (κ2) is 7.09. The van der Waals surface area contributed by atoms with E-state index in [9.17, 15) is 9.59 Å². The maximum absolute atomic E-state index is 12.0. The number of nitrogens with zero attached hydrogens (tertiary/aromatic N) is 2. The van der Waals surface area contributed by atoms with E-state index in [4.69, 9.17) is 11.6 Å². The number of carbonyl (C=O) groups is 2. The number of amides is 2. The first kappa shape index (κ1) is 16.0. The third-order valence-electron chi connectivity index (χ3n) is 3.13. The van der Waals surface area contributed by atoms with E-state index in [0.717, 1.165) is 5.56 Å². The normalized spacial score (nSPS) is 10.3. The van der Waals surface area contributed by atoms with Crippen LogP contribution in [0.4, 0.5) is 5.69 Å². The Morgan fingerprint density at radius 2 is 2.14 bits per heavy atom. The summed E-state index contributed by atoms with van der Waals surface area (Å²) in [7, 11) is 3.37. The predicted octanol–water partition coefficient (Wildman–Crippen LogP) is 2.00. The summed E-state index contributed by atoms with van der Waals surface area (Å²) in [5, 5.41) is 9.70. The minimum Gasteiger partial charge on any atom is -0.355 e. The third-order valence-corrected chi connectivity index (χ3v) is 3.46. The largest absolute Gasteiger partial charge is 0.355 e. The molecule has 0 unspecified atom stereocenters. The summed E-state index contributed by atoms with van der Waals surface area (Å²) in [6.07, 6.45) is 4.50. The zero-order chi connectivity index (χ0) is 16.1. The molecule has 6 nitrogen and oxygen atoms in total. The smallest absolute Gasteiger partial charge is 0.251 e. The summed E-state index contributed by atoms with van der Waals surface area (Å²) in [5.41, 5.74) is 1.86. The van der Waals surface area contributed by atoms with Gasteiger partial charge in [0.05, 0.1) is 16.9 Å². The van der Waals surface area contributed by atoms with Crippen molar-refractivity contribution in [1.82, 2.24) is 15.1 Å². The van der Waals surface area contributed by atoms with Crippen molar-refractivity contribution in [3.63, 3.8) is 0 Å². The van der Waals surface area contributed by atoms with Gasteiger partial charge in [0.1, 0.15) is 0 Å². The van der Waals surface area contributed by atoms with Gasteiger partial charge >= 0.3 is 0 Å². The number of aromatic nitrogens is 2. The summed E-state index contributed by atoms with van der Waals surface area (Å²) in [6.45, 7) is 0. The Morgan fingerprint density at radius 3 is 2.77 bits per heavy atom. The molecule has 2 amide bonds. The number of aryl methyl sites for hydroxylation is 2. The standard InChI is InChI=1S/C15H17ClN4O2/c1-17-15(22)11-4-5-12(16)13(7-11)19-14(21)6-3-10-8-18-20(2)9-10/h4-5,7-9H,3,6H2,1-2H3,(H,17,22)(H,19,21). The van der Waals surface area contributed by atoms with Crippen molar-refractivity contribution in [2.45, 2.75) is 12.8 Å². The number of anilines is 1. The Labute approximate surface area is 133 Å². The number of rotatable bonds is 5. The molecule has 0 saturated carbocycles. The number of carbonyl (C=O) groups excluding carboxylic acids is 2. The number of hydrogen-bond donors (Lipinski definition) is 2. The van der Waals surface area contributed by atoms with Crippen LogP contribution >= 0.6 is 11.6 Å². The lowest BCUT2D eigenvalue weighted by molar-refractivity contribution is -0.116. The zero-order valence-corrected chi connectivity index (χ0v) is 13.1. The summed E-state index contributed by atoms with van der Waals surface area (Å²) < 4.78 is 1.69. The topological polar surface area (TPSA) is 76.0 Å². The monoisotopic (exact) mass is 320 g/mol. The van der Waals surface area contributed by atoms with E-state index < -0.39 is 0 Å². The minimum atomic E-state index is -0.234. The average Bonchev–Trinajstić information content (AvgIpc) is 2.92. The van der Waals surface area contributed by atoms with Gasteiger partial charge in [-0.3, -0.25) is 14.3 Å². The fraction of sp³-hybridized carbons (Fsp3) is 0.267. The Hall–Kier alpha value is -2.34. The van der Waals surface area contributed by atoms with E-state index >= 15 is 0 Å². The van der Waals surface area contributed by atoms with Crippen LogP contribution in [-0.2, 0) is 18.3 Å². The van der Waals surface area contributed by atoms with Gasteiger partial charge in [0, 0.05) is 32.3 Å². The highest BCUT2D eigenvalue weighted by atomic mass is 35.5. The second-order valence-corrected chi connectivity index (χ2v) is 5.25. The molecule has 1 aromatic heterocycles. The van der Waals surface area contributed by atoms with Gasteiger partial charge in [-0.2, -0.15) is 5.10 Å². The summed E-state index contributed by atoms with van der Waals surface area (Å²) >= 11 is 6.05. The Balaban J connectivity index is 2.00. The highest BCUT2D eigenvalue weighted by Crippen LogP contribution is 2.23. The fourth-order valence-electron chi connectivity index (χ4n) is 1.98. The Morgan fingerprint density at radius 1 is 1.36 bits per heavy atom. The molecular weight excluding hydrogens is 304 g/mol. The van der Waals surface area contributed by atoms with Gasteiger partial charge in [-0.25, -0.2) is 0 Å². The lowest BCUT2D eigenvalue weighted by Gasteiger charge is -2.09. The SMILES string of the molecule is CNC(=O)c1ccc(Cl)c(NC(=O)CCc2cnn(C)c2)c1. The number of benzene rings is 1. The lowest BCUT2D eigenvalue weighted by Crippen LogP contribution is -2.18. The van der Waals surface area contributed by atoms with Crippen LogP contribution in [0.1, 0.15) is 22.3 Å². The maximum Gasteiger partial charge on any atom is 0.251 e. The first-order chi connectivity index (χ1) is 10.5. The van der Waals surface area contributed by atoms with Crippen molar-refractivity contribution in [2.24, 2.45) is 7.05 Å². The van der Waals surface area contributed by atoms with Crippen molar-refractivity contribution in [3.05, 3.63) is 46.7 Å². The van der Waals surface area contributed by atoms with Gasteiger partial charge in [-0.15, -0.1) is 0 Å². The maximum atomic E-state index is 12.0. The highest BCUT2D eigenvalue weighted by molar-refractivity contribution is 6.33. The molecule has 0 radical (unpaired) electrons. The average molecular weight is 321 g/mol. The molecule has 0 atom stereocenters. The van der Waals surface area contributed by atoms with Crippen LogP contribution in [0.5, 0.6) is 0 Å². The van der Waals surface area contributed by atoms with E-state index in [1.807, 2.05) is 13.2 Å². The molecule has 0 aliphatic heterocycles. The van der Waals surface area contributed by atoms with Crippen LogP contribution in [0.2, 0.25) is 5.02 Å². The van der Waals surface area contributed by atoms with E-state index in [2.05, 4.69) is 15.7 Å². The molecule has 1 aromatic carbocycles. The highest BCUT2D eigenvalue weighted by Gasteiger charge is 2.10. The first-order valence-electron chi connectivity index (χ1n) is 6.78. The molecule has 0 fully saturated rings. The van der Waals surface area contributed by atoms with Gasteiger partial charge in [-0.05, 0) is 30.2 Å². The molecule has 22 heavy (non-hydrogen) atoms. The third kappa shape index (κ3) is 4.08. The van der Waals surface area contributed by atoms with Crippen molar-refractivity contribution < 1.29 is 9.59 Å². The molecule has 0 saturated heterocycles. The number of halogens is 1. The fourth-order valence-corrected chi connectivity index (χ4v) is 2.14. The molecule has 2 aromatic rings. The van der Waals surface area contributed by atoms with Crippen LogP contribution in [0, 0.1) is 0 Å². The van der Waals surface area contributed by atoms with Gasteiger partial charge in [-0.1, -0.05) is 11.6 Å². The van der Waals surface area contributed by atoms with Gasteiger partial charge < -0.3 is 10.6 Å². The van der Waals surface area contributed by atoms with Crippen LogP contribution in [-0.4, -0.2) is 28.6 Å². The molecule has 2 rings (SSSR count). The minimum absolute atomic E-state index is 0.167. The van der Waals surface area contributed by atoms with Crippen molar-refractivity contribution >= 4 is 29.1 Å². The summed E-state index contributed by atoms with van der Waals surface area (Å²) in [6, 6.07) is 4.75. The van der Waals surface area contributed by atoms with E-state index in [1.165, 1.54) is 0 Å². The van der Waals surface area contributed by atoms with E-state index in [0.29, 0.717) is 29.1 Å². The van der Waals surface area contributed by atoms with Crippen molar-refractivity contribution in [2.75, 3.05) is 12.4 Å². The Kier molecular flexibility index (Phi) is 5.16. The van der Waals surface area contributed by atoms with Gasteiger partial charge in [0.25, 0.3) is 5.91 Å². The van der Waals surface area contributed by atoms with Crippen LogP contribution in [0.3, 0.4) is 0 Å². The van der Waals surface area contributed by atoms with Crippen LogP contribution < -0.4 is 10.6 Å². The van der Waals surface area contributed by atoms with Crippen molar-refractivity contribution in [1.29, 1.82) is 0 Å². The molecule has 7 heteroatoms. The van der Waals surface area contributed by atoms with E-state index in [1.54, 1.807) is 36.1 Å². The van der Waals surface area contributed by atoms with Crippen molar-refractivity contribution in [3.8, 4) is 0 Å². The lowest BCUT2D eigenvalue weighted by atomic mass is 10.1. The molecule has 116 valence electrons. The zero-order valence-electron chi connectivity index (χ0n) is 12.4. The second-order valence-electron chi connectivity index (χ2n) is 4.84. The Bertz CT molecular complexity index is 697. The molecule has 0 bridgehead atoms. The molecule has 0 spiro atoms.